The van der Waals surface area contributed by atoms with Gasteiger partial charge in [0.05, 0.1) is 17.4 Å². The van der Waals surface area contributed by atoms with E-state index in [4.69, 9.17) is 5.73 Å². The van der Waals surface area contributed by atoms with Gasteiger partial charge in [-0.2, -0.15) is 0 Å². The summed E-state index contributed by atoms with van der Waals surface area (Å²) in [5, 5.41) is 4.63. The van der Waals surface area contributed by atoms with E-state index in [2.05, 4.69) is 51.4 Å². The van der Waals surface area contributed by atoms with Gasteiger partial charge >= 0.3 is 0 Å². The third-order valence-electron chi connectivity index (χ3n) is 5.54. The van der Waals surface area contributed by atoms with Crippen LogP contribution >= 0.6 is 11.8 Å². The molecule has 3 heterocycles. The number of benzene rings is 1. The number of nitrogens with one attached hydrogen (secondary N) is 1. The third-order valence-corrected chi connectivity index (χ3v) is 6.60. The number of nitrogen functional groups attached to an aromatic ring is 1. The van der Waals surface area contributed by atoms with Crippen LogP contribution in [0.4, 0.5) is 5.95 Å². The highest BCUT2D eigenvalue weighted by molar-refractivity contribution is 7.99. The van der Waals surface area contributed by atoms with Crippen molar-refractivity contribution in [1.82, 2.24) is 24.8 Å². The Morgan fingerprint density at radius 1 is 1.06 bits per heavy atom. The molecular formula is C23H30N6OS. The molecule has 1 saturated heterocycles. The van der Waals surface area contributed by atoms with Gasteiger partial charge in [-0.15, -0.1) is 11.8 Å². The second-order valence-corrected chi connectivity index (χ2v) is 9.02. The summed E-state index contributed by atoms with van der Waals surface area (Å²) in [4.78, 5) is 24.3. The first-order valence-corrected chi connectivity index (χ1v) is 11.9. The largest absolute Gasteiger partial charge is 0.368 e. The Morgan fingerprint density at radius 2 is 1.77 bits per heavy atom. The standard InChI is InChI=1S/C23H30N6OS/c1-2-3-14-31-21-20-19(26-23(24)27-21)8-11-29(22(20)30)16-18-6-4-17(5-7-18)15-28-12-9-25-10-13-28/h4-8,11,25H,2-3,9-10,12-16H2,1H3,(H2,24,26,27). The minimum absolute atomic E-state index is 0.0682. The number of piperazine rings is 1. The number of nitrogens with zero attached hydrogens (tertiary/aromatic N) is 4. The lowest BCUT2D eigenvalue weighted by Gasteiger charge is -2.27. The second kappa shape index (κ2) is 10.3. The average Bonchev–Trinajstić information content (AvgIpc) is 2.77. The maximum atomic E-state index is 13.2. The van der Waals surface area contributed by atoms with Gasteiger partial charge in [0.1, 0.15) is 5.03 Å². The molecule has 8 heteroatoms. The number of thioether (sulfide) groups is 1. The van der Waals surface area contributed by atoms with E-state index < -0.39 is 0 Å². The van der Waals surface area contributed by atoms with Crippen molar-refractivity contribution in [2.75, 3.05) is 37.7 Å². The summed E-state index contributed by atoms with van der Waals surface area (Å²) in [6, 6.07) is 10.4. The van der Waals surface area contributed by atoms with Crippen molar-refractivity contribution in [2.45, 2.75) is 37.9 Å². The minimum Gasteiger partial charge on any atom is -0.368 e. The number of hydrogen-bond donors (Lipinski definition) is 2. The van der Waals surface area contributed by atoms with Gasteiger partial charge in [0.25, 0.3) is 5.56 Å². The first kappa shape index (κ1) is 21.8. The van der Waals surface area contributed by atoms with Crippen LogP contribution < -0.4 is 16.6 Å². The summed E-state index contributed by atoms with van der Waals surface area (Å²) in [6.45, 7) is 7.91. The van der Waals surface area contributed by atoms with E-state index >= 15 is 0 Å². The zero-order valence-corrected chi connectivity index (χ0v) is 18.8. The molecule has 0 saturated carbocycles. The monoisotopic (exact) mass is 438 g/mol. The third kappa shape index (κ3) is 5.44. The molecule has 4 rings (SSSR count). The van der Waals surface area contributed by atoms with Crippen LogP contribution in [-0.2, 0) is 13.1 Å². The molecule has 164 valence electrons. The highest BCUT2D eigenvalue weighted by Crippen LogP contribution is 2.24. The predicted octanol–water partition coefficient (Wildman–Crippen LogP) is 2.72. The van der Waals surface area contributed by atoms with E-state index in [1.807, 2.05) is 6.07 Å². The normalized spacial score (nSPS) is 14.9. The molecule has 0 amide bonds. The number of unbranched alkanes of at least 4 members (excludes halogenated alkanes) is 1. The Hall–Kier alpha value is -2.42. The lowest BCUT2D eigenvalue weighted by molar-refractivity contribution is 0.233. The SMILES string of the molecule is CCCCSc1nc(N)nc2ccn(Cc3ccc(CN4CCNCC4)cc3)c(=O)c12. The van der Waals surface area contributed by atoms with Crippen LogP contribution in [0.5, 0.6) is 0 Å². The molecule has 2 aromatic heterocycles. The van der Waals surface area contributed by atoms with Crippen LogP contribution in [0.25, 0.3) is 10.9 Å². The summed E-state index contributed by atoms with van der Waals surface area (Å²) in [5.41, 5.74) is 8.81. The van der Waals surface area contributed by atoms with E-state index in [9.17, 15) is 4.79 Å². The molecule has 7 nitrogen and oxygen atoms in total. The van der Waals surface area contributed by atoms with Crippen molar-refractivity contribution in [3.05, 3.63) is 58.0 Å². The summed E-state index contributed by atoms with van der Waals surface area (Å²) >= 11 is 1.58. The molecule has 0 bridgehead atoms. The van der Waals surface area contributed by atoms with Crippen LogP contribution in [0.15, 0.2) is 46.3 Å². The number of fused-ring (bicyclic) bond motifs is 1. The number of aromatic nitrogens is 3. The summed E-state index contributed by atoms with van der Waals surface area (Å²) in [5.74, 6) is 1.12. The predicted molar refractivity (Wildman–Crippen MR) is 128 cm³/mol. The van der Waals surface area contributed by atoms with E-state index in [1.54, 1.807) is 22.5 Å². The Labute approximate surface area is 187 Å². The summed E-state index contributed by atoms with van der Waals surface area (Å²) in [6.07, 6.45) is 3.96. The zero-order valence-electron chi connectivity index (χ0n) is 18.0. The van der Waals surface area contributed by atoms with E-state index in [0.29, 0.717) is 22.5 Å². The molecule has 1 fully saturated rings. The first-order valence-electron chi connectivity index (χ1n) is 10.9. The minimum atomic E-state index is -0.0682. The van der Waals surface area contributed by atoms with Crippen LogP contribution in [0, 0.1) is 0 Å². The Balaban J connectivity index is 1.54. The molecule has 1 aromatic carbocycles. The fourth-order valence-electron chi connectivity index (χ4n) is 3.78. The second-order valence-electron chi connectivity index (χ2n) is 7.94. The van der Waals surface area contributed by atoms with Crippen LogP contribution in [0.3, 0.4) is 0 Å². The molecule has 1 aliphatic heterocycles. The van der Waals surface area contributed by atoms with Crippen LogP contribution in [-0.4, -0.2) is 51.4 Å². The highest BCUT2D eigenvalue weighted by atomic mass is 32.2. The molecule has 1 aliphatic rings. The fourth-order valence-corrected chi connectivity index (χ4v) is 4.90. The molecule has 0 aliphatic carbocycles. The molecule has 3 N–H and O–H groups in total. The van der Waals surface area contributed by atoms with Crippen LogP contribution in [0.1, 0.15) is 30.9 Å². The first-order chi connectivity index (χ1) is 15.1. The number of rotatable bonds is 8. The molecular weight excluding hydrogens is 408 g/mol. The van der Waals surface area contributed by atoms with Gasteiger partial charge in [-0.3, -0.25) is 9.69 Å². The lowest BCUT2D eigenvalue weighted by Crippen LogP contribution is -2.42. The Bertz CT molecular complexity index is 1080. The summed E-state index contributed by atoms with van der Waals surface area (Å²) < 4.78 is 1.73. The van der Waals surface area contributed by atoms with Gasteiger partial charge in [0.15, 0.2) is 0 Å². The average molecular weight is 439 g/mol. The highest BCUT2D eigenvalue weighted by Gasteiger charge is 2.13. The van der Waals surface area contributed by atoms with Crippen LogP contribution in [0.2, 0.25) is 0 Å². The van der Waals surface area contributed by atoms with Crippen molar-refractivity contribution in [3.8, 4) is 0 Å². The maximum Gasteiger partial charge on any atom is 0.263 e. The maximum absolute atomic E-state index is 13.2. The number of pyridine rings is 1. The van der Waals surface area contributed by atoms with Gasteiger partial charge in [-0.05, 0) is 29.4 Å². The van der Waals surface area contributed by atoms with Gasteiger partial charge < -0.3 is 15.6 Å². The molecule has 0 atom stereocenters. The van der Waals surface area contributed by atoms with E-state index in [-0.39, 0.29) is 11.5 Å². The zero-order chi connectivity index (χ0) is 21.6. The Morgan fingerprint density at radius 3 is 2.48 bits per heavy atom. The van der Waals surface area contributed by atoms with Crippen molar-refractivity contribution in [1.29, 1.82) is 0 Å². The topological polar surface area (TPSA) is 89.1 Å². The van der Waals surface area contributed by atoms with Gasteiger partial charge in [-0.1, -0.05) is 37.6 Å². The number of hydrogen-bond acceptors (Lipinski definition) is 7. The molecule has 0 radical (unpaired) electrons. The van der Waals surface area contributed by atoms with E-state index in [0.717, 1.165) is 56.9 Å². The number of nitrogens with two attached hydrogens (primary N) is 1. The lowest BCUT2D eigenvalue weighted by atomic mass is 10.1. The molecule has 3 aromatic rings. The van der Waals surface area contributed by atoms with Crippen molar-refractivity contribution < 1.29 is 0 Å². The van der Waals surface area contributed by atoms with E-state index in [1.165, 1.54) is 5.56 Å². The summed E-state index contributed by atoms with van der Waals surface area (Å²) in [7, 11) is 0. The molecule has 0 spiro atoms. The molecule has 0 unspecified atom stereocenters. The van der Waals surface area contributed by atoms with Gasteiger partial charge in [0, 0.05) is 38.9 Å². The van der Waals surface area contributed by atoms with Crippen molar-refractivity contribution >= 4 is 28.6 Å². The smallest absolute Gasteiger partial charge is 0.263 e. The Kier molecular flexibility index (Phi) is 7.21. The van der Waals surface area contributed by atoms with Gasteiger partial charge in [-0.25, -0.2) is 9.97 Å². The van der Waals surface area contributed by atoms with Crippen molar-refractivity contribution in [2.24, 2.45) is 0 Å². The quantitative estimate of drug-likeness (QED) is 0.318. The molecule has 31 heavy (non-hydrogen) atoms. The number of anilines is 1. The fraction of sp³-hybridized carbons (Fsp3) is 0.435. The van der Waals surface area contributed by atoms with Gasteiger partial charge in [0.2, 0.25) is 5.95 Å². The van der Waals surface area contributed by atoms with Crippen molar-refractivity contribution in [3.63, 3.8) is 0 Å².